The van der Waals surface area contributed by atoms with Gasteiger partial charge >= 0.3 is 6.61 Å². The number of amides is 1. The third-order valence-corrected chi connectivity index (χ3v) is 5.58. The van der Waals surface area contributed by atoms with Crippen LogP contribution in [0.4, 0.5) is 8.78 Å². The Morgan fingerprint density at radius 2 is 1.59 bits per heavy atom. The molecular formula is C25H23F2NO4. The van der Waals surface area contributed by atoms with E-state index in [-0.39, 0.29) is 17.2 Å². The smallest absolute Gasteiger partial charge is 0.387 e. The minimum Gasteiger partial charge on any atom is -0.493 e. The van der Waals surface area contributed by atoms with Crippen LogP contribution in [0.25, 0.3) is 0 Å². The van der Waals surface area contributed by atoms with E-state index in [0.29, 0.717) is 24.5 Å². The molecule has 1 amide bonds. The number of carbonyl (C=O) groups excluding carboxylic acids is 1. The normalized spacial score (nSPS) is 15.3. The van der Waals surface area contributed by atoms with Gasteiger partial charge in [-0.05, 0) is 47.4 Å². The van der Waals surface area contributed by atoms with Crippen molar-refractivity contribution in [3.8, 4) is 17.2 Å². The van der Waals surface area contributed by atoms with Crippen LogP contribution in [0.3, 0.4) is 0 Å². The Kier molecular flexibility index (Phi) is 6.25. The first-order valence-electron chi connectivity index (χ1n) is 10.2. The molecule has 0 radical (unpaired) electrons. The van der Waals surface area contributed by atoms with Gasteiger partial charge in [-0.2, -0.15) is 8.78 Å². The molecule has 0 aromatic heterocycles. The number of methoxy groups -OCH3 is 2. The van der Waals surface area contributed by atoms with E-state index in [2.05, 4.69) is 4.74 Å². The molecule has 0 bridgehead atoms. The summed E-state index contributed by atoms with van der Waals surface area (Å²) in [6, 6.07) is 19.1. The number of alkyl halides is 2. The average Bonchev–Trinajstić information content (AvgIpc) is 2.82. The van der Waals surface area contributed by atoms with E-state index in [1.54, 1.807) is 31.3 Å². The van der Waals surface area contributed by atoms with Gasteiger partial charge in [0.15, 0.2) is 11.5 Å². The molecule has 7 heteroatoms. The summed E-state index contributed by atoms with van der Waals surface area (Å²) in [4.78, 5) is 15.3. The second-order valence-corrected chi connectivity index (χ2v) is 7.34. The first-order valence-corrected chi connectivity index (χ1v) is 10.2. The third kappa shape index (κ3) is 4.10. The van der Waals surface area contributed by atoms with Crippen molar-refractivity contribution >= 4 is 5.91 Å². The topological polar surface area (TPSA) is 48.0 Å². The third-order valence-electron chi connectivity index (χ3n) is 5.58. The van der Waals surface area contributed by atoms with Gasteiger partial charge in [-0.3, -0.25) is 4.79 Å². The highest BCUT2D eigenvalue weighted by Gasteiger charge is 2.35. The average molecular weight is 439 g/mol. The predicted molar refractivity (Wildman–Crippen MR) is 116 cm³/mol. The van der Waals surface area contributed by atoms with Crippen LogP contribution in [0.15, 0.2) is 66.7 Å². The maximum Gasteiger partial charge on any atom is 0.387 e. The van der Waals surface area contributed by atoms with Gasteiger partial charge in [0.2, 0.25) is 0 Å². The van der Waals surface area contributed by atoms with E-state index in [0.717, 1.165) is 16.7 Å². The molecule has 0 saturated heterocycles. The van der Waals surface area contributed by atoms with Crippen LogP contribution in [-0.4, -0.2) is 38.2 Å². The lowest BCUT2D eigenvalue weighted by Gasteiger charge is -2.38. The summed E-state index contributed by atoms with van der Waals surface area (Å²) >= 11 is 0. The van der Waals surface area contributed by atoms with Gasteiger partial charge in [0.05, 0.1) is 25.8 Å². The fraction of sp³-hybridized carbons (Fsp3) is 0.240. The lowest BCUT2D eigenvalue weighted by Crippen LogP contribution is -2.40. The van der Waals surface area contributed by atoms with E-state index >= 15 is 0 Å². The summed E-state index contributed by atoms with van der Waals surface area (Å²) in [5.74, 6) is 0.657. The summed E-state index contributed by atoms with van der Waals surface area (Å²) in [7, 11) is 3.14. The van der Waals surface area contributed by atoms with Crippen LogP contribution in [0.2, 0.25) is 0 Å². The Labute approximate surface area is 185 Å². The van der Waals surface area contributed by atoms with Crippen molar-refractivity contribution in [3.05, 3.63) is 89.0 Å². The molecule has 1 heterocycles. The number of ether oxygens (including phenoxy) is 3. The molecule has 0 saturated carbocycles. The highest BCUT2D eigenvalue weighted by Crippen LogP contribution is 2.42. The number of fused-ring (bicyclic) bond motifs is 1. The Balaban J connectivity index is 1.82. The maximum atomic E-state index is 13.6. The number of benzene rings is 3. The number of nitrogens with zero attached hydrogens (tertiary/aromatic N) is 1. The van der Waals surface area contributed by atoms with Crippen LogP contribution in [0.1, 0.15) is 33.1 Å². The van der Waals surface area contributed by atoms with Gasteiger partial charge in [-0.25, -0.2) is 0 Å². The maximum absolute atomic E-state index is 13.6. The van der Waals surface area contributed by atoms with Crippen molar-refractivity contribution in [1.29, 1.82) is 0 Å². The SMILES string of the molecule is COc1cc2c(cc1OC)C(c1ccccc1)N(C(=O)c1ccccc1OC(F)F)CC2. The van der Waals surface area contributed by atoms with Crippen LogP contribution in [0.5, 0.6) is 17.2 Å². The zero-order chi connectivity index (χ0) is 22.7. The summed E-state index contributed by atoms with van der Waals surface area (Å²) in [5, 5.41) is 0. The summed E-state index contributed by atoms with van der Waals surface area (Å²) in [5.41, 5.74) is 2.94. The second-order valence-electron chi connectivity index (χ2n) is 7.34. The molecule has 32 heavy (non-hydrogen) atoms. The minimum absolute atomic E-state index is 0.0951. The molecule has 5 nitrogen and oxygen atoms in total. The molecule has 166 valence electrons. The van der Waals surface area contributed by atoms with Crippen LogP contribution >= 0.6 is 0 Å². The zero-order valence-electron chi connectivity index (χ0n) is 17.8. The number of hydrogen-bond donors (Lipinski definition) is 0. The number of halogens is 2. The summed E-state index contributed by atoms with van der Waals surface area (Å²) < 4.78 is 41.4. The van der Waals surface area contributed by atoms with E-state index in [1.165, 1.54) is 12.1 Å². The van der Waals surface area contributed by atoms with Crippen LogP contribution < -0.4 is 14.2 Å². The van der Waals surface area contributed by atoms with Crippen molar-refractivity contribution in [3.63, 3.8) is 0 Å². The van der Waals surface area contributed by atoms with E-state index in [1.807, 2.05) is 42.5 Å². The summed E-state index contributed by atoms with van der Waals surface area (Å²) in [6.45, 7) is -2.61. The van der Waals surface area contributed by atoms with Gasteiger partial charge < -0.3 is 19.1 Å². The van der Waals surface area contributed by atoms with Gasteiger partial charge in [-0.1, -0.05) is 42.5 Å². The van der Waals surface area contributed by atoms with E-state index < -0.39 is 12.7 Å². The quantitative estimate of drug-likeness (QED) is 0.537. The van der Waals surface area contributed by atoms with Gasteiger partial charge in [0.1, 0.15) is 5.75 Å². The van der Waals surface area contributed by atoms with Crippen molar-refractivity contribution in [1.82, 2.24) is 4.90 Å². The van der Waals surface area contributed by atoms with Crippen molar-refractivity contribution in [2.75, 3.05) is 20.8 Å². The Bertz CT molecular complexity index is 1100. The monoisotopic (exact) mass is 439 g/mol. The molecule has 3 aromatic carbocycles. The summed E-state index contributed by atoms with van der Waals surface area (Å²) in [6.07, 6.45) is 0.586. The Morgan fingerprint density at radius 1 is 0.938 bits per heavy atom. The van der Waals surface area contributed by atoms with Crippen molar-refractivity contribution in [2.24, 2.45) is 0 Å². The largest absolute Gasteiger partial charge is 0.493 e. The number of carbonyl (C=O) groups is 1. The number of rotatable bonds is 6. The van der Waals surface area contributed by atoms with Gasteiger partial charge in [0.25, 0.3) is 5.91 Å². The molecule has 4 rings (SSSR count). The lowest BCUT2D eigenvalue weighted by atomic mass is 9.87. The molecule has 0 aliphatic carbocycles. The predicted octanol–water partition coefficient (Wildman–Crippen LogP) is 5.09. The molecular weight excluding hydrogens is 416 g/mol. The Hall–Kier alpha value is -3.61. The zero-order valence-corrected chi connectivity index (χ0v) is 17.8. The highest BCUT2D eigenvalue weighted by atomic mass is 19.3. The van der Waals surface area contributed by atoms with E-state index in [9.17, 15) is 13.6 Å². The number of para-hydroxylation sites is 1. The van der Waals surface area contributed by atoms with Crippen LogP contribution in [-0.2, 0) is 6.42 Å². The second kappa shape index (κ2) is 9.26. The molecule has 0 N–H and O–H groups in total. The van der Waals surface area contributed by atoms with Crippen molar-refractivity contribution in [2.45, 2.75) is 19.1 Å². The van der Waals surface area contributed by atoms with Crippen molar-refractivity contribution < 1.29 is 27.8 Å². The molecule has 1 aliphatic heterocycles. The van der Waals surface area contributed by atoms with Crippen LogP contribution in [0, 0.1) is 0 Å². The first-order chi connectivity index (χ1) is 15.5. The van der Waals surface area contributed by atoms with Gasteiger partial charge in [-0.15, -0.1) is 0 Å². The molecule has 0 spiro atoms. The number of hydrogen-bond acceptors (Lipinski definition) is 4. The first kappa shape index (κ1) is 21.6. The molecule has 3 aromatic rings. The fourth-order valence-corrected chi connectivity index (χ4v) is 4.16. The molecule has 0 fully saturated rings. The van der Waals surface area contributed by atoms with E-state index in [4.69, 9.17) is 9.47 Å². The Morgan fingerprint density at radius 3 is 2.28 bits per heavy atom. The van der Waals surface area contributed by atoms with Gasteiger partial charge in [0, 0.05) is 6.54 Å². The standard InChI is InChI=1S/C25H23F2NO4/c1-30-21-14-17-12-13-28(24(29)18-10-6-7-11-20(18)32-25(26)27)23(16-8-4-3-5-9-16)19(17)15-22(21)31-2/h3-11,14-15,23,25H,12-13H2,1-2H3. The lowest BCUT2D eigenvalue weighted by molar-refractivity contribution is -0.0503. The molecule has 1 aliphatic rings. The molecule has 1 atom stereocenters. The minimum atomic E-state index is -3.02. The fourth-order valence-electron chi connectivity index (χ4n) is 4.16. The highest BCUT2D eigenvalue weighted by molar-refractivity contribution is 5.97. The molecule has 1 unspecified atom stereocenters.